The smallest absolute Gasteiger partial charge is 0.313 e. The van der Waals surface area contributed by atoms with Gasteiger partial charge < -0.3 is 20.4 Å². The van der Waals surface area contributed by atoms with Crippen molar-refractivity contribution < 1.29 is 19.8 Å². The van der Waals surface area contributed by atoms with Gasteiger partial charge in [-0.15, -0.1) is 0 Å². The number of phenolic OH excluding ortho intramolecular Hbond substituents is 1. The molecule has 0 aliphatic heterocycles. The molecule has 1 aromatic carbocycles. The van der Waals surface area contributed by atoms with E-state index in [9.17, 15) is 9.59 Å². The molecule has 2 amide bonds. The molecule has 17 heavy (non-hydrogen) atoms. The third kappa shape index (κ3) is 3.76. The van der Waals surface area contributed by atoms with Gasteiger partial charge in [0.15, 0.2) is 0 Å². The Bertz CT molecular complexity index is 402. The lowest BCUT2D eigenvalue weighted by molar-refractivity contribution is -0.142. The summed E-state index contributed by atoms with van der Waals surface area (Å²) in [5, 5.41) is 20.1. The van der Waals surface area contributed by atoms with Crippen molar-refractivity contribution in [1.29, 1.82) is 0 Å². The fraction of sp³-hybridized carbons (Fsp3) is 0.273. The van der Waals surface area contributed by atoms with E-state index < -0.39 is 11.8 Å². The number of hydrogen-bond donors (Lipinski definition) is 3. The van der Waals surface area contributed by atoms with E-state index in [1.165, 1.54) is 31.3 Å². The van der Waals surface area contributed by atoms with E-state index >= 15 is 0 Å². The lowest BCUT2D eigenvalue weighted by Crippen LogP contribution is -2.38. The largest absolute Gasteiger partial charge is 0.508 e. The van der Waals surface area contributed by atoms with Crippen LogP contribution < -0.4 is 5.32 Å². The third-order valence-electron chi connectivity index (χ3n) is 2.10. The molecule has 1 rings (SSSR count). The third-order valence-corrected chi connectivity index (χ3v) is 2.10. The molecule has 92 valence electrons. The molecule has 0 unspecified atom stereocenters. The normalized spacial score (nSPS) is 9.76. The minimum Gasteiger partial charge on any atom is -0.508 e. The van der Waals surface area contributed by atoms with Crippen LogP contribution in [0, 0.1) is 0 Å². The molecule has 6 heteroatoms. The lowest BCUT2D eigenvalue weighted by Gasteiger charge is -2.14. The molecule has 6 nitrogen and oxygen atoms in total. The Labute approximate surface area is 98.5 Å². The Morgan fingerprint density at radius 1 is 1.29 bits per heavy atom. The minimum absolute atomic E-state index is 0.0757. The number of likely N-dealkylation sites (N-methyl/N-ethyl adjacent to an activating group) is 1. The quantitative estimate of drug-likeness (QED) is 0.501. The van der Waals surface area contributed by atoms with E-state index in [4.69, 9.17) is 10.2 Å². The number of hydrogen-bond acceptors (Lipinski definition) is 4. The highest BCUT2D eigenvalue weighted by Crippen LogP contribution is 2.13. The van der Waals surface area contributed by atoms with E-state index in [0.29, 0.717) is 5.69 Å². The van der Waals surface area contributed by atoms with Gasteiger partial charge in [0.1, 0.15) is 5.75 Å². The number of nitrogens with one attached hydrogen (secondary N) is 1. The van der Waals surface area contributed by atoms with Crippen molar-refractivity contribution in [3.8, 4) is 5.75 Å². The van der Waals surface area contributed by atoms with Crippen molar-refractivity contribution >= 4 is 17.5 Å². The van der Waals surface area contributed by atoms with E-state index in [0.717, 1.165) is 4.90 Å². The van der Waals surface area contributed by atoms with Crippen LogP contribution in [0.3, 0.4) is 0 Å². The van der Waals surface area contributed by atoms with E-state index in [-0.39, 0.29) is 18.9 Å². The molecule has 0 radical (unpaired) electrons. The predicted molar refractivity (Wildman–Crippen MR) is 61.5 cm³/mol. The van der Waals surface area contributed by atoms with Crippen LogP contribution in [0.25, 0.3) is 0 Å². The second-order valence-corrected chi connectivity index (χ2v) is 3.45. The molecule has 0 aromatic heterocycles. The molecule has 0 fully saturated rings. The van der Waals surface area contributed by atoms with Gasteiger partial charge in [-0.05, 0) is 24.3 Å². The first kappa shape index (κ1) is 13.0. The Balaban J connectivity index is 2.60. The highest BCUT2D eigenvalue weighted by molar-refractivity contribution is 6.39. The maximum atomic E-state index is 11.5. The number of carbonyl (C=O) groups is 2. The van der Waals surface area contributed by atoms with Crippen LogP contribution in [0.2, 0.25) is 0 Å². The van der Waals surface area contributed by atoms with Crippen LogP contribution in [0.1, 0.15) is 0 Å². The van der Waals surface area contributed by atoms with Gasteiger partial charge in [0.05, 0.1) is 6.61 Å². The van der Waals surface area contributed by atoms with Crippen LogP contribution in [0.5, 0.6) is 5.75 Å². The number of benzene rings is 1. The Morgan fingerprint density at radius 3 is 2.41 bits per heavy atom. The first-order valence-electron chi connectivity index (χ1n) is 5.01. The van der Waals surface area contributed by atoms with Crippen molar-refractivity contribution in [2.45, 2.75) is 0 Å². The van der Waals surface area contributed by atoms with Crippen LogP contribution in [-0.4, -0.2) is 47.1 Å². The first-order chi connectivity index (χ1) is 8.04. The summed E-state index contributed by atoms with van der Waals surface area (Å²) in [7, 11) is 1.43. The molecule has 0 spiro atoms. The zero-order valence-corrected chi connectivity index (χ0v) is 9.38. The van der Waals surface area contributed by atoms with Crippen molar-refractivity contribution in [3.05, 3.63) is 24.3 Å². The number of aromatic hydroxyl groups is 1. The molecule has 0 saturated carbocycles. The Morgan fingerprint density at radius 2 is 1.88 bits per heavy atom. The summed E-state index contributed by atoms with van der Waals surface area (Å²) >= 11 is 0. The number of phenols is 1. The molecule has 0 saturated heterocycles. The van der Waals surface area contributed by atoms with E-state index in [1.807, 2.05) is 0 Å². The standard InChI is InChI=1S/C11H14N2O4/c1-13(6-7-14)11(17)10(16)12-8-2-4-9(15)5-3-8/h2-5,14-15H,6-7H2,1H3,(H,12,16). The molecule has 1 aromatic rings. The fourth-order valence-corrected chi connectivity index (χ4v) is 1.15. The second kappa shape index (κ2) is 5.86. The summed E-state index contributed by atoms with van der Waals surface area (Å²) in [6.45, 7) is -0.101. The van der Waals surface area contributed by atoms with Gasteiger partial charge in [-0.25, -0.2) is 0 Å². The average molecular weight is 238 g/mol. The monoisotopic (exact) mass is 238 g/mol. The number of aliphatic hydroxyl groups excluding tert-OH is 1. The van der Waals surface area contributed by atoms with Crippen molar-refractivity contribution in [3.63, 3.8) is 0 Å². The minimum atomic E-state index is -0.786. The second-order valence-electron chi connectivity index (χ2n) is 3.45. The van der Waals surface area contributed by atoms with E-state index in [2.05, 4.69) is 5.32 Å². The molecule has 0 bridgehead atoms. The van der Waals surface area contributed by atoms with Gasteiger partial charge in [0.2, 0.25) is 0 Å². The van der Waals surface area contributed by atoms with Crippen LogP contribution in [-0.2, 0) is 9.59 Å². The van der Waals surface area contributed by atoms with Crippen molar-refractivity contribution in [1.82, 2.24) is 4.90 Å². The predicted octanol–water partition coefficient (Wildman–Crippen LogP) is -0.219. The summed E-state index contributed by atoms with van der Waals surface area (Å²) < 4.78 is 0. The average Bonchev–Trinajstić information content (AvgIpc) is 2.31. The van der Waals surface area contributed by atoms with Crippen molar-refractivity contribution in [2.75, 3.05) is 25.5 Å². The molecule has 0 heterocycles. The van der Waals surface area contributed by atoms with Gasteiger partial charge in [-0.3, -0.25) is 9.59 Å². The molecule has 0 aliphatic carbocycles. The number of anilines is 1. The van der Waals surface area contributed by atoms with Gasteiger partial charge in [0.25, 0.3) is 0 Å². The number of amides is 2. The maximum Gasteiger partial charge on any atom is 0.313 e. The van der Waals surface area contributed by atoms with Crippen LogP contribution >= 0.6 is 0 Å². The molecular formula is C11H14N2O4. The zero-order valence-electron chi connectivity index (χ0n) is 9.38. The highest BCUT2D eigenvalue weighted by Gasteiger charge is 2.17. The lowest BCUT2D eigenvalue weighted by atomic mass is 10.3. The number of carbonyl (C=O) groups excluding carboxylic acids is 2. The summed E-state index contributed by atoms with van der Waals surface area (Å²) in [5.74, 6) is -1.44. The fourth-order valence-electron chi connectivity index (χ4n) is 1.15. The summed E-state index contributed by atoms with van der Waals surface area (Å²) in [5.41, 5.74) is 0.415. The molecule has 0 aliphatic rings. The van der Waals surface area contributed by atoms with Gasteiger partial charge in [-0.2, -0.15) is 0 Å². The van der Waals surface area contributed by atoms with Crippen LogP contribution in [0.4, 0.5) is 5.69 Å². The Hall–Kier alpha value is -2.08. The zero-order chi connectivity index (χ0) is 12.8. The topological polar surface area (TPSA) is 89.9 Å². The number of aliphatic hydroxyl groups is 1. The van der Waals surface area contributed by atoms with Gasteiger partial charge in [-0.1, -0.05) is 0 Å². The SMILES string of the molecule is CN(CCO)C(=O)C(=O)Nc1ccc(O)cc1. The summed E-state index contributed by atoms with van der Waals surface area (Å²) in [6.07, 6.45) is 0. The number of rotatable bonds is 3. The Kier molecular flexibility index (Phi) is 4.47. The van der Waals surface area contributed by atoms with Crippen LogP contribution in [0.15, 0.2) is 24.3 Å². The summed E-state index contributed by atoms with van der Waals surface area (Å²) in [4.78, 5) is 24.0. The maximum absolute atomic E-state index is 11.5. The highest BCUT2D eigenvalue weighted by atomic mass is 16.3. The molecule has 3 N–H and O–H groups in total. The van der Waals surface area contributed by atoms with E-state index in [1.54, 1.807) is 0 Å². The summed E-state index contributed by atoms with van der Waals surface area (Å²) in [6, 6.07) is 5.76. The van der Waals surface area contributed by atoms with Crippen molar-refractivity contribution in [2.24, 2.45) is 0 Å². The first-order valence-corrected chi connectivity index (χ1v) is 5.01. The number of nitrogens with zero attached hydrogens (tertiary/aromatic N) is 1. The molecular weight excluding hydrogens is 224 g/mol. The van der Waals surface area contributed by atoms with Gasteiger partial charge >= 0.3 is 11.8 Å². The molecule has 0 atom stereocenters. The van der Waals surface area contributed by atoms with Gasteiger partial charge in [0, 0.05) is 19.3 Å².